The predicted octanol–water partition coefficient (Wildman–Crippen LogP) is 2.29. The number of nitrogens with zero attached hydrogens (tertiary/aromatic N) is 2. The lowest BCUT2D eigenvalue weighted by atomic mass is 9.92. The number of para-hydroxylation sites is 1. The number of anilines is 1. The van der Waals surface area contributed by atoms with Crippen LogP contribution in [0.5, 0.6) is 0 Å². The molecule has 2 fully saturated rings. The Balaban J connectivity index is 0.00000225. The molecule has 140 valence electrons. The number of hydrogen-bond acceptors (Lipinski definition) is 4. The van der Waals surface area contributed by atoms with Crippen molar-refractivity contribution in [1.82, 2.24) is 10.2 Å². The molecule has 0 unspecified atom stereocenters. The number of amides is 1. The molecular weight excluding hydrogens is 338 g/mol. The maximum atomic E-state index is 12.8. The number of carbonyl (C=O) groups is 1. The van der Waals surface area contributed by atoms with E-state index in [-0.39, 0.29) is 24.2 Å². The van der Waals surface area contributed by atoms with Crippen molar-refractivity contribution >= 4 is 24.0 Å². The van der Waals surface area contributed by atoms with Crippen LogP contribution in [0.15, 0.2) is 24.3 Å². The zero-order valence-electron chi connectivity index (χ0n) is 15.2. The van der Waals surface area contributed by atoms with Crippen LogP contribution in [0.3, 0.4) is 0 Å². The molecule has 0 aromatic heterocycles. The van der Waals surface area contributed by atoms with E-state index in [2.05, 4.69) is 41.4 Å². The molecular formula is C19H30ClN3O2. The Hall–Kier alpha value is -1.30. The highest BCUT2D eigenvalue weighted by Gasteiger charge is 2.27. The fourth-order valence-corrected chi connectivity index (χ4v) is 3.76. The third-order valence-electron chi connectivity index (χ3n) is 5.10. The van der Waals surface area contributed by atoms with Gasteiger partial charge in [0.05, 0.1) is 13.2 Å². The largest absolute Gasteiger partial charge is 0.378 e. The summed E-state index contributed by atoms with van der Waals surface area (Å²) < 4.78 is 5.46. The van der Waals surface area contributed by atoms with E-state index in [9.17, 15) is 4.79 Å². The first-order chi connectivity index (χ1) is 11.6. The number of rotatable bonds is 4. The number of halogens is 1. The van der Waals surface area contributed by atoms with E-state index in [1.54, 1.807) is 0 Å². The average Bonchev–Trinajstić information content (AvgIpc) is 2.62. The molecule has 2 aliphatic rings. The monoisotopic (exact) mass is 367 g/mol. The maximum absolute atomic E-state index is 12.8. The van der Waals surface area contributed by atoms with Crippen LogP contribution < -0.4 is 10.2 Å². The molecule has 2 heterocycles. The molecule has 0 radical (unpaired) electrons. The first-order valence-corrected chi connectivity index (χ1v) is 9.04. The molecule has 0 spiro atoms. The molecule has 0 saturated carbocycles. The zero-order valence-corrected chi connectivity index (χ0v) is 16.1. The third kappa shape index (κ3) is 5.09. The van der Waals surface area contributed by atoms with Crippen LogP contribution in [0.4, 0.5) is 5.69 Å². The Morgan fingerprint density at radius 2 is 2.04 bits per heavy atom. The van der Waals surface area contributed by atoms with Crippen LogP contribution in [0.1, 0.15) is 25.3 Å². The van der Waals surface area contributed by atoms with E-state index in [1.165, 1.54) is 11.3 Å². The molecule has 0 bridgehead atoms. The molecule has 2 atom stereocenters. The highest BCUT2D eigenvalue weighted by Crippen LogP contribution is 2.24. The minimum absolute atomic E-state index is 0. The normalized spacial score (nSPS) is 23.7. The van der Waals surface area contributed by atoms with E-state index in [0.717, 1.165) is 45.7 Å². The number of carbonyl (C=O) groups excluding carboxylic acids is 1. The van der Waals surface area contributed by atoms with Gasteiger partial charge in [-0.15, -0.1) is 12.4 Å². The Morgan fingerprint density at radius 3 is 2.76 bits per heavy atom. The summed E-state index contributed by atoms with van der Waals surface area (Å²) in [5.41, 5.74) is 2.45. The first kappa shape index (κ1) is 20.0. The molecule has 1 aromatic carbocycles. The highest BCUT2D eigenvalue weighted by atomic mass is 35.5. The van der Waals surface area contributed by atoms with Gasteiger partial charge in [0.1, 0.15) is 0 Å². The van der Waals surface area contributed by atoms with Crippen LogP contribution in [0.2, 0.25) is 0 Å². The molecule has 25 heavy (non-hydrogen) atoms. The lowest BCUT2D eigenvalue weighted by molar-refractivity contribution is -0.135. The molecule has 2 saturated heterocycles. The summed E-state index contributed by atoms with van der Waals surface area (Å²) in [4.78, 5) is 17.1. The molecule has 1 aromatic rings. The number of benzene rings is 1. The Bertz CT molecular complexity index is 563. The number of piperidine rings is 1. The van der Waals surface area contributed by atoms with E-state index in [4.69, 9.17) is 4.74 Å². The Morgan fingerprint density at radius 1 is 1.32 bits per heavy atom. The number of hydrogen-bond donors (Lipinski definition) is 1. The summed E-state index contributed by atoms with van der Waals surface area (Å²) in [5.74, 6) is 0.432. The van der Waals surface area contributed by atoms with Gasteiger partial charge in [0.15, 0.2) is 0 Å². The summed E-state index contributed by atoms with van der Waals surface area (Å²) in [6, 6.07) is 8.86. The van der Waals surface area contributed by atoms with Crippen molar-refractivity contribution in [1.29, 1.82) is 0 Å². The van der Waals surface area contributed by atoms with Crippen molar-refractivity contribution in [2.75, 3.05) is 44.8 Å². The van der Waals surface area contributed by atoms with Gasteiger partial charge in [0, 0.05) is 44.3 Å². The van der Waals surface area contributed by atoms with E-state index in [0.29, 0.717) is 12.6 Å². The van der Waals surface area contributed by atoms with Crippen molar-refractivity contribution in [3.8, 4) is 0 Å². The standard InChI is InChI=1S/C19H29N3O2.ClH/c1-15-13-16(7-8-20-15)19(23)21(2)14-17-5-3-4-6-18(17)22-9-11-24-12-10-22;/h3-6,15-16,20H,7-14H2,1-2H3;1H/t15-,16-;/m0./s1. The Kier molecular flexibility index (Phi) is 7.54. The topological polar surface area (TPSA) is 44.8 Å². The number of nitrogens with one attached hydrogen (secondary N) is 1. The minimum Gasteiger partial charge on any atom is -0.378 e. The predicted molar refractivity (Wildman–Crippen MR) is 103 cm³/mol. The van der Waals surface area contributed by atoms with Crippen molar-refractivity contribution in [2.24, 2.45) is 5.92 Å². The second kappa shape index (κ2) is 9.41. The van der Waals surface area contributed by atoms with E-state index < -0.39 is 0 Å². The minimum atomic E-state index is 0. The van der Waals surface area contributed by atoms with E-state index in [1.807, 2.05) is 11.9 Å². The average molecular weight is 368 g/mol. The van der Waals surface area contributed by atoms with Crippen LogP contribution in [0, 0.1) is 5.92 Å². The summed E-state index contributed by atoms with van der Waals surface area (Å²) in [7, 11) is 1.94. The first-order valence-electron chi connectivity index (χ1n) is 9.04. The van der Waals surface area contributed by atoms with Crippen molar-refractivity contribution in [3.05, 3.63) is 29.8 Å². The highest BCUT2D eigenvalue weighted by molar-refractivity contribution is 5.85. The Labute approximate surface area is 157 Å². The van der Waals surface area contributed by atoms with Crippen molar-refractivity contribution in [3.63, 3.8) is 0 Å². The summed E-state index contributed by atoms with van der Waals surface area (Å²) in [5, 5.41) is 3.42. The van der Waals surface area contributed by atoms with Gasteiger partial charge in [-0.3, -0.25) is 4.79 Å². The molecule has 6 heteroatoms. The second-order valence-corrected chi connectivity index (χ2v) is 7.00. The SMILES string of the molecule is C[C@H]1C[C@@H](C(=O)N(C)Cc2ccccc2N2CCOCC2)CCN1.Cl. The molecule has 0 aliphatic carbocycles. The molecule has 2 aliphatic heterocycles. The van der Waals surface area contributed by atoms with Crippen LogP contribution in [0.25, 0.3) is 0 Å². The van der Waals surface area contributed by atoms with Crippen LogP contribution in [-0.4, -0.2) is 56.7 Å². The lowest BCUT2D eigenvalue weighted by Crippen LogP contribution is -2.43. The van der Waals surface area contributed by atoms with Crippen LogP contribution in [-0.2, 0) is 16.1 Å². The van der Waals surface area contributed by atoms with Gasteiger partial charge in [-0.1, -0.05) is 18.2 Å². The van der Waals surface area contributed by atoms with Gasteiger partial charge in [-0.2, -0.15) is 0 Å². The second-order valence-electron chi connectivity index (χ2n) is 7.00. The summed E-state index contributed by atoms with van der Waals surface area (Å²) >= 11 is 0. The number of ether oxygens (including phenoxy) is 1. The quantitative estimate of drug-likeness (QED) is 0.886. The molecule has 1 amide bonds. The van der Waals surface area contributed by atoms with Gasteiger partial charge in [-0.05, 0) is 37.9 Å². The van der Waals surface area contributed by atoms with Gasteiger partial charge < -0.3 is 19.9 Å². The molecule has 3 rings (SSSR count). The van der Waals surface area contributed by atoms with Crippen molar-refractivity contribution < 1.29 is 9.53 Å². The maximum Gasteiger partial charge on any atom is 0.225 e. The smallest absolute Gasteiger partial charge is 0.225 e. The van der Waals surface area contributed by atoms with Crippen LogP contribution >= 0.6 is 12.4 Å². The summed E-state index contributed by atoms with van der Waals surface area (Å²) in [6.07, 6.45) is 1.88. The summed E-state index contributed by atoms with van der Waals surface area (Å²) in [6.45, 7) is 7.15. The molecule has 1 N–H and O–H groups in total. The van der Waals surface area contributed by atoms with Gasteiger partial charge in [-0.25, -0.2) is 0 Å². The van der Waals surface area contributed by atoms with Gasteiger partial charge in [0.2, 0.25) is 5.91 Å². The van der Waals surface area contributed by atoms with Gasteiger partial charge in [0.25, 0.3) is 0 Å². The third-order valence-corrected chi connectivity index (χ3v) is 5.10. The molecule has 5 nitrogen and oxygen atoms in total. The van der Waals surface area contributed by atoms with Crippen molar-refractivity contribution in [2.45, 2.75) is 32.4 Å². The fraction of sp³-hybridized carbons (Fsp3) is 0.632. The lowest BCUT2D eigenvalue weighted by Gasteiger charge is -2.33. The fourth-order valence-electron chi connectivity index (χ4n) is 3.76. The van der Waals surface area contributed by atoms with E-state index >= 15 is 0 Å². The zero-order chi connectivity index (χ0) is 16.9. The van der Waals surface area contributed by atoms with Gasteiger partial charge >= 0.3 is 0 Å². The number of morpholine rings is 1.